The highest BCUT2D eigenvalue weighted by Crippen LogP contribution is 2.32. The van der Waals surface area contributed by atoms with E-state index in [4.69, 9.17) is 18.9 Å². The molecule has 2 aromatic rings. The molecular formula is C20H25N2O5+. The van der Waals surface area contributed by atoms with Crippen molar-refractivity contribution < 1.29 is 28.6 Å². The molecular weight excluding hydrogens is 348 g/mol. The van der Waals surface area contributed by atoms with E-state index in [9.17, 15) is 4.79 Å². The molecule has 0 fully saturated rings. The van der Waals surface area contributed by atoms with Gasteiger partial charge in [0.1, 0.15) is 18.0 Å². The van der Waals surface area contributed by atoms with Gasteiger partial charge in [0, 0.05) is 18.2 Å². The van der Waals surface area contributed by atoms with E-state index in [0.29, 0.717) is 19.6 Å². The van der Waals surface area contributed by atoms with Crippen molar-refractivity contribution in [3.8, 4) is 23.0 Å². The molecule has 0 aliphatic carbocycles. The van der Waals surface area contributed by atoms with Gasteiger partial charge in [0.2, 0.25) is 6.79 Å². The lowest BCUT2D eigenvalue weighted by Crippen LogP contribution is -3.08. The number of carbonyl (C=O) groups excluding carboxylic acids is 1. The van der Waals surface area contributed by atoms with Crippen LogP contribution in [0.1, 0.15) is 11.1 Å². The van der Waals surface area contributed by atoms with E-state index in [1.54, 1.807) is 14.2 Å². The van der Waals surface area contributed by atoms with Crippen molar-refractivity contribution in [3.63, 3.8) is 0 Å². The molecule has 3 rings (SSSR count). The minimum atomic E-state index is -0.0161. The fourth-order valence-electron chi connectivity index (χ4n) is 2.97. The Morgan fingerprint density at radius 2 is 1.93 bits per heavy atom. The summed E-state index contributed by atoms with van der Waals surface area (Å²) in [6.45, 7) is 1.73. The summed E-state index contributed by atoms with van der Waals surface area (Å²) in [4.78, 5) is 13.3. The molecule has 0 radical (unpaired) electrons. The fourth-order valence-corrected chi connectivity index (χ4v) is 2.97. The van der Waals surface area contributed by atoms with Gasteiger partial charge in [-0.3, -0.25) is 4.79 Å². The second-order valence-corrected chi connectivity index (χ2v) is 6.45. The van der Waals surface area contributed by atoms with Gasteiger partial charge in [-0.2, -0.15) is 0 Å². The van der Waals surface area contributed by atoms with Gasteiger partial charge in [-0.1, -0.05) is 6.07 Å². The maximum Gasteiger partial charge on any atom is 0.275 e. The predicted octanol–water partition coefficient (Wildman–Crippen LogP) is 0.764. The Balaban J connectivity index is 1.50. The van der Waals surface area contributed by atoms with Gasteiger partial charge in [0.05, 0.1) is 21.3 Å². The van der Waals surface area contributed by atoms with Crippen LogP contribution in [-0.4, -0.2) is 40.5 Å². The highest BCUT2D eigenvalue weighted by atomic mass is 16.7. The van der Waals surface area contributed by atoms with Gasteiger partial charge < -0.3 is 29.2 Å². The van der Waals surface area contributed by atoms with Crippen LogP contribution in [0, 0.1) is 0 Å². The molecule has 7 nitrogen and oxygen atoms in total. The molecule has 0 bridgehead atoms. The van der Waals surface area contributed by atoms with E-state index in [-0.39, 0.29) is 12.7 Å². The number of rotatable bonds is 8. The van der Waals surface area contributed by atoms with Crippen molar-refractivity contribution in [1.29, 1.82) is 0 Å². The molecule has 0 aromatic heterocycles. The second-order valence-electron chi connectivity index (χ2n) is 6.45. The summed E-state index contributed by atoms with van der Waals surface area (Å²) < 4.78 is 21.3. The molecule has 144 valence electrons. The number of fused-ring (bicyclic) bond motifs is 1. The molecule has 0 spiro atoms. The number of amides is 1. The molecule has 1 aliphatic heterocycles. The van der Waals surface area contributed by atoms with E-state index in [0.717, 1.165) is 39.0 Å². The predicted molar refractivity (Wildman–Crippen MR) is 99.4 cm³/mol. The molecule has 0 saturated carbocycles. The van der Waals surface area contributed by atoms with Crippen LogP contribution >= 0.6 is 0 Å². The lowest BCUT2D eigenvalue weighted by molar-refractivity contribution is -0.885. The van der Waals surface area contributed by atoms with Crippen molar-refractivity contribution in [3.05, 3.63) is 47.5 Å². The average Bonchev–Trinajstić information content (AvgIpc) is 3.14. The van der Waals surface area contributed by atoms with Crippen molar-refractivity contribution in [2.24, 2.45) is 0 Å². The Morgan fingerprint density at radius 1 is 1.11 bits per heavy atom. The zero-order valence-electron chi connectivity index (χ0n) is 15.8. The number of hydrogen-bond donors (Lipinski definition) is 2. The third-order valence-electron chi connectivity index (χ3n) is 4.38. The molecule has 1 amide bonds. The third-order valence-corrected chi connectivity index (χ3v) is 4.38. The standard InChI is InChI=1S/C20H24N2O5/c1-22(11-15-5-6-16(24-2)9-18(15)25-3)12-20(23)21-10-14-4-7-17-19(8-14)27-13-26-17/h4-9H,10-13H2,1-3H3,(H,21,23)/p+1. The van der Waals surface area contributed by atoms with E-state index in [1.807, 2.05) is 43.4 Å². The third kappa shape index (κ3) is 4.83. The topological polar surface area (TPSA) is 70.5 Å². The van der Waals surface area contributed by atoms with Crippen LogP contribution in [0.3, 0.4) is 0 Å². The summed E-state index contributed by atoms with van der Waals surface area (Å²) in [6.07, 6.45) is 0. The number of carbonyl (C=O) groups is 1. The molecule has 7 heteroatoms. The average molecular weight is 373 g/mol. The Bertz CT molecular complexity index is 809. The molecule has 0 saturated heterocycles. The van der Waals surface area contributed by atoms with Crippen molar-refractivity contribution >= 4 is 5.91 Å². The highest BCUT2D eigenvalue weighted by Gasteiger charge is 2.16. The van der Waals surface area contributed by atoms with Crippen LogP contribution in [-0.2, 0) is 17.9 Å². The Kier molecular flexibility index (Phi) is 6.03. The highest BCUT2D eigenvalue weighted by molar-refractivity contribution is 5.76. The lowest BCUT2D eigenvalue weighted by Gasteiger charge is -2.16. The van der Waals surface area contributed by atoms with E-state index >= 15 is 0 Å². The smallest absolute Gasteiger partial charge is 0.275 e. The maximum atomic E-state index is 12.3. The van der Waals surface area contributed by atoms with E-state index < -0.39 is 0 Å². The maximum absolute atomic E-state index is 12.3. The summed E-state index contributed by atoms with van der Waals surface area (Å²) in [5.41, 5.74) is 2.00. The zero-order chi connectivity index (χ0) is 19.2. The SMILES string of the molecule is COc1ccc(C[NH+](C)CC(=O)NCc2ccc3c(c2)OCO3)c(OC)c1. The van der Waals surface area contributed by atoms with Gasteiger partial charge in [-0.25, -0.2) is 0 Å². The molecule has 1 aliphatic rings. The Morgan fingerprint density at radius 3 is 2.70 bits per heavy atom. The monoisotopic (exact) mass is 373 g/mol. The molecule has 2 N–H and O–H groups in total. The van der Waals surface area contributed by atoms with Crippen LogP contribution in [0.15, 0.2) is 36.4 Å². The summed E-state index contributed by atoms with van der Waals surface area (Å²) in [5, 5.41) is 2.95. The van der Waals surface area contributed by atoms with Crippen molar-refractivity contribution in [1.82, 2.24) is 5.32 Å². The molecule has 1 atom stereocenters. The molecule has 2 aromatic carbocycles. The molecule has 1 unspecified atom stereocenters. The first kappa shape index (κ1) is 18.8. The van der Waals surface area contributed by atoms with Crippen LogP contribution in [0.2, 0.25) is 0 Å². The minimum absolute atomic E-state index is 0.0161. The van der Waals surface area contributed by atoms with E-state index in [2.05, 4.69) is 5.32 Å². The zero-order valence-corrected chi connectivity index (χ0v) is 15.8. The summed E-state index contributed by atoms with van der Waals surface area (Å²) in [7, 11) is 5.23. The first-order valence-electron chi connectivity index (χ1n) is 8.76. The summed E-state index contributed by atoms with van der Waals surface area (Å²) in [5.74, 6) is 2.95. The van der Waals surface area contributed by atoms with Crippen LogP contribution in [0.4, 0.5) is 0 Å². The first-order chi connectivity index (χ1) is 13.1. The summed E-state index contributed by atoms with van der Waals surface area (Å²) in [6, 6.07) is 11.4. The lowest BCUT2D eigenvalue weighted by atomic mass is 10.1. The molecule has 1 heterocycles. The van der Waals surface area contributed by atoms with Gasteiger partial charge in [0.15, 0.2) is 18.0 Å². The van der Waals surface area contributed by atoms with Gasteiger partial charge in [-0.15, -0.1) is 0 Å². The van der Waals surface area contributed by atoms with Crippen LogP contribution in [0.5, 0.6) is 23.0 Å². The van der Waals surface area contributed by atoms with Crippen LogP contribution in [0.25, 0.3) is 0 Å². The van der Waals surface area contributed by atoms with Crippen molar-refractivity contribution in [2.75, 3.05) is 34.6 Å². The number of ether oxygens (including phenoxy) is 4. The fraction of sp³-hybridized carbons (Fsp3) is 0.350. The van der Waals surface area contributed by atoms with E-state index in [1.165, 1.54) is 0 Å². The van der Waals surface area contributed by atoms with Crippen molar-refractivity contribution in [2.45, 2.75) is 13.1 Å². The number of hydrogen-bond acceptors (Lipinski definition) is 5. The van der Waals surface area contributed by atoms with Gasteiger partial charge in [0.25, 0.3) is 5.91 Å². The first-order valence-corrected chi connectivity index (χ1v) is 8.76. The molecule has 27 heavy (non-hydrogen) atoms. The Labute approximate surface area is 158 Å². The number of methoxy groups -OCH3 is 2. The minimum Gasteiger partial charge on any atom is -0.497 e. The summed E-state index contributed by atoms with van der Waals surface area (Å²) >= 11 is 0. The Hall–Kier alpha value is -2.93. The van der Waals surface area contributed by atoms with Gasteiger partial charge >= 0.3 is 0 Å². The van der Waals surface area contributed by atoms with Crippen LogP contribution < -0.4 is 29.2 Å². The number of quaternary nitrogens is 1. The number of nitrogens with one attached hydrogen (secondary N) is 2. The second kappa shape index (κ2) is 8.64. The quantitative estimate of drug-likeness (QED) is 0.715. The largest absolute Gasteiger partial charge is 0.497 e. The van der Waals surface area contributed by atoms with Gasteiger partial charge in [-0.05, 0) is 29.8 Å². The normalized spacial score (nSPS) is 13.1. The number of likely N-dealkylation sites (N-methyl/N-ethyl adjacent to an activating group) is 1. The number of benzene rings is 2.